The molecule has 0 aliphatic heterocycles. The van der Waals surface area contributed by atoms with Crippen LogP contribution >= 0.6 is 0 Å². The average molecular weight is 352 g/mol. The van der Waals surface area contributed by atoms with Crippen LogP contribution in [-0.4, -0.2) is 28.2 Å². The quantitative estimate of drug-likeness (QED) is 0.736. The summed E-state index contributed by atoms with van der Waals surface area (Å²) in [5, 5.41) is 10.5. The Morgan fingerprint density at radius 1 is 1.12 bits per heavy atom. The molecule has 1 heterocycles. The number of rotatable bonds is 5. The number of hydrogen-bond acceptors (Lipinski definition) is 3. The summed E-state index contributed by atoms with van der Waals surface area (Å²) in [6.45, 7) is 2.04. The molecule has 1 amide bonds. The highest BCUT2D eigenvalue weighted by Gasteiger charge is 2.17. The van der Waals surface area contributed by atoms with E-state index in [1.54, 1.807) is 19.2 Å². The zero-order chi connectivity index (χ0) is 18.7. The third-order valence-electron chi connectivity index (χ3n) is 4.35. The molecule has 3 aromatic rings. The first-order chi connectivity index (χ1) is 12.5. The number of aryl methyl sites for hydroxylation is 1. The van der Waals surface area contributed by atoms with E-state index >= 15 is 0 Å². The van der Waals surface area contributed by atoms with Gasteiger partial charge in [0.25, 0.3) is 5.56 Å². The minimum Gasteiger partial charge on any atom is -0.496 e. The molecule has 0 aliphatic rings. The fourth-order valence-corrected chi connectivity index (χ4v) is 2.98. The average Bonchev–Trinajstić information content (AvgIpc) is 2.63. The number of aromatic amines is 1. The van der Waals surface area contributed by atoms with Gasteiger partial charge in [-0.2, -0.15) is 0 Å². The zero-order valence-corrected chi connectivity index (χ0v) is 14.7. The molecule has 0 saturated carbocycles. The molecular weight excluding hydrogens is 332 g/mol. The first kappa shape index (κ1) is 17.5. The van der Waals surface area contributed by atoms with E-state index in [4.69, 9.17) is 4.74 Å². The Morgan fingerprint density at radius 3 is 2.58 bits per heavy atom. The summed E-state index contributed by atoms with van der Waals surface area (Å²) in [4.78, 5) is 28.2. The number of nitrogens with zero attached hydrogens (tertiary/aromatic N) is 1. The summed E-state index contributed by atoms with van der Waals surface area (Å²) in [6, 6.07) is 14.7. The van der Waals surface area contributed by atoms with E-state index in [1.165, 1.54) is 4.90 Å². The molecule has 0 aliphatic carbocycles. The summed E-state index contributed by atoms with van der Waals surface area (Å²) in [6.07, 6.45) is -1.10. The normalized spacial score (nSPS) is 10.7. The van der Waals surface area contributed by atoms with Gasteiger partial charge in [-0.3, -0.25) is 9.69 Å². The number of pyridine rings is 1. The molecule has 0 atom stereocenters. The Morgan fingerprint density at radius 2 is 1.85 bits per heavy atom. The Balaban J connectivity index is 1.93. The summed E-state index contributed by atoms with van der Waals surface area (Å²) in [7, 11) is 1.54. The van der Waals surface area contributed by atoms with Gasteiger partial charge in [0.2, 0.25) is 0 Å². The Hall–Kier alpha value is -3.28. The van der Waals surface area contributed by atoms with Gasteiger partial charge >= 0.3 is 6.09 Å². The van der Waals surface area contributed by atoms with Crippen LogP contribution in [-0.2, 0) is 13.1 Å². The van der Waals surface area contributed by atoms with Crippen molar-refractivity contribution in [3.05, 3.63) is 75.6 Å². The van der Waals surface area contributed by atoms with Gasteiger partial charge in [0.15, 0.2) is 0 Å². The maximum atomic E-state index is 12.4. The molecular formula is C20H20N2O4. The number of ether oxygens (including phenoxy) is 1. The van der Waals surface area contributed by atoms with Crippen molar-refractivity contribution in [3.8, 4) is 5.75 Å². The molecule has 0 unspecified atom stereocenters. The van der Waals surface area contributed by atoms with Crippen LogP contribution in [0.25, 0.3) is 10.9 Å². The number of fused-ring (bicyclic) bond motifs is 1. The van der Waals surface area contributed by atoms with Crippen LogP contribution in [0.1, 0.15) is 16.7 Å². The van der Waals surface area contributed by atoms with Gasteiger partial charge in [-0.05, 0) is 30.0 Å². The molecule has 2 aromatic carbocycles. The lowest BCUT2D eigenvalue weighted by atomic mass is 10.1. The number of benzene rings is 2. The van der Waals surface area contributed by atoms with Crippen molar-refractivity contribution in [2.45, 2.75) is 20.0 Å². The summed E-state index contributed by atoms with van der Waals surface area (Å²) < 4.78 is 5.28. The zero-order valence-electron chi connectivity index (χ0n) is 14.7. The molecule has 3 rings (SSSR count). The number of methoxy groups -OCH3 is 1. The maximum absolute atomic E-state index is 12.4. The molecule has 2 N–H and O–H groups in total. The number of amides is 1. The lowest BCUT2D eigenvalue weighted by Crippen LogP contribution is -2.31. The van der Waals surface area contributed by atoms with Gasteiger partial charge in [0.1, 0.15) is 5.75 Å². The van der Waals surface area contributed by atoms with Crippen molar-refractivity contribution in [2.75, 3.05) is 7.11 Å². The number of carboxylic acid groups (broad SMARTS) is 1. The third-order valence-corrected chi connectivity index (χ3v) is 4.35. The van der Waals surface area contributed by atoms with Crippen molar-refractivity contribution in [1.82, 2.24) is 9.88 Å². The number of nitrogens with one attached hydrogen (secondary N) is 1. The monoisotopic (exact) mass is 352 g/mol. The van der Waals surface area contributed by atoms with Crippen LogP contribution in [0.2, 0.25) is 0 Å². The number of H-pyrrole nitrogens is 1. The van der Waals surface area contributed by atoms with Crippen LogP contribution < -0.4 is 10.3 Å². The van der Waals surface area contributed by atoms with Gasteiger partial charge in [-0.25, -0.2) is 4.79 Å². The SMILES string of the molecule is COc1ccccc1CN(Cc1cc2cccc(C)c2[nH]c1=O)C(=O)O. The predicted octanol–water partition coefficient (Wildman–Crippen LogP) is 3.53. The Bertz CT molecular complexity index is 1010. The standard InChI is InChI=1S/C20H20N2O4/c1-13-6-5-8-14-10-16(19(23)21-18(13)14)12-22(20(24)25)11-15-7-3-4-9-17(15)26-2/h3-10H,11-12H2,1-2H3,(H,21,23)(H,24,25). The Labute approximate surface area is 150 Å². The van der Waals surface area contributed by atoms with Crippen molar-refractivity contribution in [3.63, 3.8) is 0 Å². The second kappa shape index (κ2) is 7.31. The van der Waals surface area contributed by atoms with Gasteiger partial charge in [-0.1, -0.05) is 36.4 Å². The lowest BCUT2D eigenvalue weighted by Gasteiger charge is -2.20. The minimum atomic E-state index is -1.10. The van der Waals surface area contributed by atoms with Crippen LogP contribution in [0.4, 0.5) is 4.79 Å². The highest BCUT2D eigenvalue weighted by molar-refractivity contribution is 5.82. The van der Waals surface area contributed by atoms with Crippen LogP contribution in [0.3, 0.4) is 0 Å². The van der Waals surface area contributed by atoms with Gasteiger partial charge in [-0.15, -0.1) is 0 Å². The smallest absolute Gasteiger partial charge is 0.407 e. The first-order valence-corrected chi connectivity index (χ1v) is 8.21. The van der Waals surface area contributed by atoms with E-state index in [-0.39, 0.29) is 18.6 Å². The topological polar surface area (TPSA) is 82.6 Å². The lowest BCUT2D eigenvalue weighted by molar-refractivity contribution is 0.138. The van der Waals surface area contributed by atoms with E-state index in [2.05, 4.69) is 4.98 Å². The van der Waals surface area contributed by atoms with E-state index in [9.17, 15) is 14.7 Å². The summed E-state index contributed by atoms with van der Waals surface area (Å²) in [5.41, 5.74) is 2.60. The van der Waals surface area contributed by atoms with Crippen molar-refractivity contribution >= 4 is 17.0 Å². The van der Waals surface area contributed by atoms with Gasteiger partial charge in [0.05, 0.1) is 25.7 Å². The van der Waals surface area contributed by atoms with E-state index in [1.807, 2.05) is 43.3 Å². The van der Waals surface area contributed by atoms with Gasteiger partial charge < -0.3 is 14.8 Å². The highest BCUT2D eigenvalue weighted by Crippen LogP contribution is 2.21. The van der Waals surface area contributed by atoms with Crippen LogP contribution in [0.15, 0.2) is 53.3 Å². The molecule has 6 nitrogen and oxygen atoms in total. The number of carbonyl (C=O) groups is 1. The van der Waals surface area contributed by atoms with Gasteiger partial charge in [0, 0.05) is 11.1 Å². The van der Waals surface area contributed by atoms with E-state index in [0.717, 1.165) is 22.0 Å². The molecule has 1 aromatic heterocycles. The molecule has 6 heteroatoms. The fraction of sp³-hybridized carbons (Fsp3) is 0.200. The minimum absolute atomic E-state index is 0.00734. The van der Waals surface area contributed by atoms with Crippen molar-refractivity contribution < 1.29 is 14.6 Å². The number of para-hydroxylation sites is 2. The van der Waals surface area contributed by atoms with Crippen molar-refractivity contribution in [2.24, 2.45) is 0 Å². The third kappa shape index (κ3) is 3.54. The maximum Gasteiger partial charge on any atom is 0.407 e. The molecule has 0 spiro atoms. The summed E-state index contributed by atoms with van der Waals surface area (Å²) in [5.74, 6) is 0.613. The molecule has 0 fully saturated rings. The Kier molecular flexibility index (Phi) is 4.93. The second-order valence-corrected chi connectivity index (χ2v) is 6.11. The number of hydrogen-bond donors (Lipinski definition) is 2. The molecule has 0 bridgehead atoms. The summed E-state index contributed by atoms with van der Waals surface area (Å²) >= 11 is 0. The van der Waals surface area contributed by atoms with Crippen LogP contribution in [0.5, 0.6) is 5.75 Å². The fourth-order valence-electron chi connectivity index (χ4n) is 2.98. The largest absolute Gasteiger partial charge is 0.496 e. The number of aromatic nitrogens is 1. The van der Waals surface area contributed by atoms with Crippen molar-refractivity contribution in [1.29, 1.82) is 0 Å². The molecule has 0 radical (unpaired) electrons. The molecule has 0 saturated heterocycles. The highest BCUT2D eigenvalue weighted by atomic mass is 16.5. The molecule has 26 heavy (non-hydrogen) atoms. The van der Waals surface area contributed by atoms with E-state index < -0.39 is 6.09 Å². The van der Waals surface area contributed by atoms with Crippen LogP contribution in [0, 0.1) is 6.92 Å². The first-order valence-electron chi connectivity index (χ1n) is 8.21. The second-order valence-electron chi connectivity index (χ2n) is 6.11. The van der Waals surface area contributed by atoms with E-state index in [0.29, 0.717) is 11.3 Å². The molecule has 134 valence electrons. The predicted molar refractivity (Wildman–Crippen MR) is 99.6 cm³/mol.